The number of ether oxygens (including phenoxy) is 1. The fourth-order valence-corrected chi connectivity index (χ4v) is 3.23. The smallest absolute Gasteiger partial charge is 0.262 e. The van der Waals surface area contributed by atoms with E-state index in [2.05, 4.69) is 5.32 Å². The van der Waals surface area contributed by atoms with Crippen LogP contribution in [0.15, 0.2) is 42.5 Å². The number of amides is 2. The van der Waals surface area contributed by atoms with Crippen molar-refractivity contribution >= 4 is 40.7 Å². The molecule has 0 bridgehead atoms. The molecule has 2 aromatic rings. The molecule has 0 aliphatic carbocycles. The van der Waals surface area contributed by atoms with E-state index in [0.29, 0.717) is 27.0 Å². The largest absolute Gasteiger partial charge is 0.482 e. The number of halogens is 2. The first-order valence-electron chi connectivity index (χ1n) is 8.30. The number of carbonyl (C=O) groups is 2. The third-order valence-corrected chi connectivity index (χ3v) is 4.57. The van der Waals surface area contributed by atoms with E-state index in [1.165, 1.54) is 0 Å². The average molecular weight is 393 g/mol. The zero-order valence-electron chi connectivity index (χ0n) is 14.0. The maximum atomic E-state index is 12.4. The van der Waals surface area contributed by atoms with Gasteiger partial charge in [-0.15, -0.1) is 0 Å². The second-order valence-electron chi connectivity index (χ2n) is 5.99. The Labute approximate surface area is 161 Å². The van der Waals surface area contributed by atoms with Crippen molar-refractivity contribution in [2.75, 3.05) is 25.0 Å². The summed E-state index contributed by atoms with van der Waals surface area (Å²) in [7, 11) is 0. The van der Waals surface area contributed by atoms with Crippen LogP contribution in [-0.4, -0.2) is 36.4 Å². The molecule has 5 nitrogen and oxygen atoms in total. The van der Waals surface area contributed by atoms with Crippen molar-refractivity contribution in [3.63, 3.8) is 0 Å². The molecule has 136 valence electrons. The molecule has 1 fully saturated rings. The summed E-state index contributed by atoms with van der Waals surface area (Å²) < 4.78 is 5.41. The van der Waals surface area contributed by atoms with E-state index in [-0.39, 0.29) is 18.4 Å². The Hall–Kier alpha value is -2.24. The zero-order valence-corrected chi connectivity index (χ0v) is 15.5. The van der Waals surface area contributed by atoms with E-state index in [1.807, 2.05) is 4.90 Å². The summed E-state index contributed by atoms with van der Waals surface area (Å²) >= 11 is 11.8. The second-order valence-corrected chi connectivity index (χ2v) is 6.84. The number of carbonyl (C=O) groups excluding carboxylic acids is 2. The molecule has 0 unspecified atom stereocenters. The number of nitrogens with zero attached hydrogens (tertiary/aromatic N) is 1. The minimum absolute atomic E-state index is 0.0113. The number of rotatable bonds is 5. The fourth-order valence-electron chi connectivity index (χ4n) is 2.77. The van der Waals surface area contributed by atoms with Crippen molar-refractivity contribution in [3.8, 4) is 5.75 Å². The van der Waals surface area contributed by atoms with Gasteiger partial charge in [0, 0.05) is 29.4 Å². The lowest BCUT2D eigenvalue weighted by molar-refractivity contribution is -0.118. The molecule has 0 spiro atoms. The molecular formula is C19H18Cl2N2O3. The summed E-state index contributed by atoms with van der Waals surface area (Å²) in [6, 6.07) is 11.7. The van der Waals surface area contributed by atoms with Gasteiger partial charge < -0.3 is 15.0 Å². The number of hydrogen-bond donors (Lipinski definition) is 1. The van der Waals surface area contributed by atoms with Crippen LogP contribution < -0.4 is 10.1 Å². The van der Waals surface area contributed by atoms with Crippen molar-refractivity contribution in [3.05, 3.63) is 58.1 Å². The van der Waals surface area contributed by atoms with E-state index in [9.17, 15) is 9.59 Å². The van der Waals surface area contributed by atoms with Crippen LogP contribution in [-0.2, 0) is 4.79 Å². The monoisotopic (exact) mass is 392 g/mol. The number of likely N-dealkylation sites (tertiary alicyclic amines) is 1. The standard InChI is InChI=1S/C19H18Cl2N2O3/c20-14-6-7-17(16(21)11-14)26-12-18(24)22-15-5-3-4-13(10-15)19(25)23-8-1-2-9-23/h3-7,10-11H,1-2,8-9,12H2,(H,22,24). The highest BCUT2D eigenvalue weighted by atomic mass is 35.5. The summed E-state index contributed by atoms with van der Waals surface area (Å²) in [6.07, 6.45) is 2.07. The number of hydrogen-bond acceptors (Lipinski definition) is 3. The Balaban J connectivity index is 1.58. The van der Waals surface area contributed by atoms with Gasteiger partial charge in [0.25, 0.3) is 11.8 Å². The van der Waals surface area contributed by atoms with Gasteiger partial charge in [0.05, 0.1) is 5.02 Å². The van der Waals surface area contributed by atoms with Crippen molar-refractivity contribution in [1.82, 2.24) is 4.90 Å². The summed E-state index contributed by atoms with van der Waals surface area (Å²) in [4.78, 5) is 26.4. The molecule has 0 aromatic heterocycles. The first-order chi connectivity index (χ1) is 12.5. The lowest BCUT2D eigenvalue weighted by atomic mass is 10.1. The molecule has 2 aromatic carbocycles. The maximum Gasteiger partial charge on any atom is 0.262 e. The van der Waals surface area contributed by atoms with E-state index in [4.69, 9.17) is 27.9 Å². The van der Waals surface area contributed by atoms with Crippen LogP contribution in [0.4, 0.5) is 5.69 Å². The molecule has 0 radical (unpaired) electrons. The van der Waals surface area contributed by atoms with E-state index < -0.39 is 0 Å². The van der Waals surface area contributed by atoms with Gasteiger partial charge in [0.1, 0.15) is 5.75 Å². The molecule has 1 saturated heterocycles. The van der Waals surface area contributed by atoms with Crippen LogP contribution in [0.1, 0.15) is 23.2 Å². The normalized spacial score (nSPS) is 13.5. The van der Waals surface area contributed by atoms with Crippen LogP contribution in [0, 0.1) is 0 Å². The molecule has 3 rings (SSSR count). The SMILES string of the molecule is O=C(COc1ccc(Cl)cc1Cl)Nc1cccc(C(=O)N2CCCC2)c1. The Morgan fingerprint density at radius 2 is 1.85 bits per heavy atom. The summed E-state index contributed by atoms with van der Waals surface area (Å²) in [5.74, 6) is 0.0220. The summed E-state index contributed by atoms with van der Waals surface area (Å²) in [6.45, 7) is 1.36. The van der Waals surface area contributed by atoms with Gasteiger partial charge in [-0.25, -0.2) is 0 Å². The van der Waals surface area contributed by atoms with Gasteiger partial charge in [-0.1, -0.05) is 29.3 Å². The molecule has 26 heavy (non-hydrogen) atoms. The van der Waals surface area contributed by atoms with Crippen LogP contribution in [0.5, 0.6) is 5.75 Å². The molecule has 1 aliphatic heterocycles. The number of nitrogens with one attached hydrogen (secondary N) is 1. The van der Waals surface area contributed by atoms with Crippen LogP contribution >= 0.6 is 23.2 Å². The predicted octanol–water partition coefficient (Wildman–Crippen LogP) is 4.25. The van der Waals surface area contributed by atoms with Gasteiger partial charge >= 0.3 is 0 Å². The van der Waals surface area contributed by atoms with Gasteiger partial charge in [-0.3, -0.25) is 9.59 Å². The Bertz CT molecular complexity index is 820. The van der Waals surface area contributed by atoms with Crippen molar-refractivity contribution < 1.29 is 14.3 Å². The first-order valence-corrected chi connectivity index (χ1v) is 9.05. The topological polar surface area (TPSA) is 58.6 Å². The first kappa shape index (κ1) is 18.5. The van der Waals surface area contributed by atoms with E-state index >= 15 is 0 Å². The molecule has 2 amide bonds. The highest BCUT2D eigenvalue weighted by Crippen LogP contribution is 2.27. The zero-order chi connectivity index (χ0) is 18.5. The van der Waals surface area contributed by atoms with Gasteiger partial charge in [-0.05, 0) is 49.2 Å². The Morgan fingerprint density at radius 3 is 2.58 bits per heavy atom. The van der Waals surface area contributed by atoms with E-state index in [0.717, 1.165) is 25.9 Å². The molecular weight excluding hydrogens is 375 g/mol. The lowest BCUT2D eigenvalue weighted by Gasteiger charge is -2.16. The maximum absolute atomic E-state index is 12.4. The Kier molecular flexibility index (Phi) is 6.01. The summed E-state index contributed by atoms with van der Waals surface area (Å²) in [5.41, 5.74) is 1.11. The molecule has 7 heteroatoms. The lowest BCUT2D eigenvalue weighted by Crippen LogP contribution is -2.27. The van der Waals surface area contributed by atoms with Crippen molar-refractivity contribution in [2.24, 2.45) is 0 Å². The molecule has 1 aliphatic rings. The molecule has 0 atom stereocenters. The molecule has 1 N–H and O–H groups in total. The third kappa shape index (κ3) is 4.68. The average Bonchev–Trinajstić information content (AvgIpc) is 3.15. The highest BCUT2D eigenvalue weighted by Gasteiger charge is 2.19. The van der Waals surface area contributed by atoms with Gasteiger partial charge in [-0.2, -0.15) is 0 Å². The minimum Gasteiger partial charge on any atom is -0.482 e. The fraction of sp³-hybridized carbons (Fsp3) is 0.263. The second kappa shape index (κ2) is 8.43. The van der Waals surface area contributed by atoms with Gasteiger partial charge in [0.2, 0.25) is 0 Å². The van der Waals surface area contributed by atoms with Gasteiger partial charge in [0.15, 0.2) is 6.61 Å². The number of anilines is 1. The summed E-state index contributed by atoms with van der Waals surface area (Å²) in [5, 5.41) is 3.55. The highest BCUT2D eigenvalue weighted by molar-refractivity contribution is 6.35. The van der Waals surface area contributed by atoms with Crippen molar-refractivity contribution in [1.29, 1.82) is 0 Å². The van der Waals surface area contributed by atoms with Crippen molar-refractivity contribution in [2.45, 2.75) is 12.8 Å². The van der Waals surface area contributed by atoms with Crippen LogP contribution in [0.25, 0.3) is 0 Å². The van der Waals surface area contributed by atoms with Crippen LogP contribution in [0.2, 0.25) is 10.0 Å². The van der Waals surface area contributed by atoms with Crippen LogP contribution in [0.3, 0.4) is 0 Å². The number of benzene rings is 2. The predicted molar refractivity (Wildman–Crippen MR) is 102 cm³/mol. The minimum atomic E-state index is -0.346. The molecule has 0 saturated carbocycles. The Morgan fingerprint density at radius 1 is 1.08 bits per heavy atom. The molecule has 1 heterocycles. The third-order valence-electron chi connectivity index (χ3n) is 4.04. The quantitative estimate of drug-likeness (QED) is 0.827. The van der Waals surface area contributed by atoms with E-state index in [1.54, 1.807) is 42.5 Å².